The minimum absolute atomic E-state index is 0.0547. The average Bonchev–Trinajstić information content (AvgIpc) is 2.60. The Balaban J connectivity index is 1.75. The van der Waals surface area contributed by atoms with Crippen LogP contribution in [0.5, 0.6) is 5.75 Å². The van der Waals surface area contributed by atoms with Crippen molar-refractivity contribution in [2.45, 2.75) is 13.0 Å². The molecule has 0 saturated carbocycles. The highest BCUT2D eigenvalue weighted by Gasteiger charge is 2.15. The van der Waals surface area contributed by atoms with Crippen LogP contribution in [0.2, 0.25) is 0 Å². The summed E-state index contributed by atoms with van der Waals surface area (Å²) >= 11 is 0. The van der Waals surface area contributed by atoms with Gasteiger partial charge in [0.1, 0.15) is 0 Å². The molecular weight excluding hydrogens is 325 g/mol. The molecule has 2 rings (SSSR count). The van der Waals surface area contributed by atoms with E-state index >= 15 is 0 Å². The number of anilines is 2. The van der Waals surface area contributed by atoms with E-state index in [2.05, 4.69) is 20.8 Å². The Morgan fingerprint density at radius 3 is 2.80 bits per heavy atom. The molecule has 8 heteroatoms. The number of hydrogen-bond donors (Lipinski definition) is 2. The normalized spacial score (nSPS) is 11.5. The smallest absolute Gasteiger partial charge is 0.260 e. The van der Waals surface area contributed by atoms with Gasteiger partial charge in [0.15, 0.2) is 23.5 Å². The van der Waals surface area contributed by atoms with Crippen molar-refractivity contribution in [1.82, 2.24) is 15.5 Å². The number of amides is 1. The average molecular weight is 347 g/mol. The molecule has 2 aromatic rings. The van der Waals surface area contributed by atoms with Gasteiger partial charge in [-0.2, -0.15) is 5.10 Å². The summed E-state index contributed by atoms with van der Waals surface area (Å²) in [6.45, 7) is 2.42. The summed E-state index contributed by atoms with van der Waals surface area (Å²) in [5, 5.41) is 13.7. The first kappa shape index (κ1) is 18.4. The fourth-order valence-electron chi connectivity index (χ4n) is 1.99. The molecule has 0 radical (unpaired) electrons. The van der Waals surface area contributed by atoms with Crippen molar-refractivity contribution in [3.05, 3.63) is 42.3 Å². The van der Waals surface area contributed by atoms with Crippen molar-refractivity contribution in [1.29, 1.82) is 0 Å². The number of halogens is 1. The topological polar surface area (TPSA) is 79.4 Å². The number of nitrogens with one attached hydrogen (secondary N) is 2. The summed E-state index contributed by atoms with van der Waals surface area (Å²) in [6, 6.07) is 7.84. The van der Waals surface area contributed by atoms with Gasteiger partial charge in [0.2, 0.25) is 0 Å². The van der Waals surface area contributed by atoms with E-state index in [-0.39, 0.29) is 11.7 Å². The second-order valence-corrected chi connectivity index (χ2v) is 5.60. The van der Waals surface area contributed by atoms with Crippen molar-refractivity contribution in [2.75, 3.05) is 37.4 Å². The number of para-hydroxylation sites is 1. The van der Waals surface area contributed by atoms with Crippen molar-refractivity contribution < 1.29 is 13.9 Å². The maximum atomic E-state index is 13.5. The molecule has 7 nitrogen and oxygen atoms in total. The molecule has 1 aromatic carbocycles. The third-order valence-electron chi connectivity index (χ3n) is 3.40. The number of nitrogens with zero attached hydrogens (tertiary/aromatic N) is 3. The van der Waals surface area contributed by atoms with Crippen molar-refractivity contribution in [3.63, 3.8) is 0 Å². The second kappa shape index (κ2) is 8.81. The molecule has 1 aromatic heterocycles. The predicted molar refractivity (Wildman–Crippen MR) is 94.3 cm³/mol. The molecule has 0 fully saturated rings. The first-order valence-corrected chi connectivity index (χ1v) is 7.90. The fourth-order valence-corrected chi connectivity index (χ4v) is 1.99. The lowest BCUT2D eigenvalue weighted by Gasteiger charge is -2.15. The molecule has 0 aliphatic rings. The molecule has 0 spiro atoms. The fraction of sp³-hybridized carbons (Fsp3) is 0.353. The first-order valence-electron chi connectivity index (χ1n) is 7.90. The Labute approximate surface area is 146 Å². The van der Waals surface area contributed by atoms with Gasteiger partial charge in [0.05, 0.1) is 11.9 Å². The Bertz CT molecular complexity index is 711. The number of ether oxygens (including phenoxy) is 1. The highest BCUT2D eigenvalue weighted by molar-refractivity contribution is 5.80. The van der Waals surface area contributed by atoms with Gasteiger partial charge in [-0.1, -0.05) is 12.1 Å². The molecule has 0 bridgehead atoms. The maximum absolute atomic E-state index is 13.5. The van der Waals surface area contributed by atoms with Crippen LogP contribution >= 0.6 is 0 Å². The van der Waals surface area contributed by atoms with E-state index in [1.165, 1.54) is 12.1 Å². The summed E-state index contributed by atoms with van der Waals surface area (Å²) in [5.41, 5.74) is 0.924. The molecule has 0 aliphatic heterocycles. The van der Waals surface area contributed by atoms with Gasteiger partial charge in [-0.25, -0.2) is 4.39 Å². The molecule has 1 atom stereocenters. The third kappa shape index (κ3) is 5.59. The van der Waals surface area contributed by atoms with E-state index in [9.17, 15) is 9.18 Å². The van der Waals surface area contributed by atoms with Crippen LogP contribution < -0.4 is 20.3 Å². The minimum Gasteiger partial charge on any atom is -0.478 e. The third-order valence-corrected chi connectivity index (χ3v) is 3.40. The molecule has 134 valence electrons. The maximum Gasteiger partial charge on any atom is 0.260 e. The number of aromatic nitrogens is 2. The number of carbonyl (C=O) groups excluding carboxylic acids is 1. The Hall–Kier alpha value is -2.90. The number of hydrogen-bond acceptors (Lipinski definition) is 6. The Morgan fingerprint density at radius 2 is 2.08 bits per heavy atom. The largest absolute Gasteiger partial charge is 0.478 e. The molecule has 1 unspecified atom stereocenters. The van der Waals surface area contributed by atoms with Gasteiger partial charge >= 0.3 is 0 Å². The van der Waals surface area contributed by atoms with Crippen LogP contribution in [0, 0.1) is 5.82 Å². The van der Waals surface area contributed by atoms with Crippen LogP contribution in [0.4, 0.5) is 15.9 Å². The van der Waals surface area contributed by atoms with Gasteiger partial charge in [-0.3, -0.25) is 4.79 Å². The van der Waals surface area contributed by atoms with Crippen LogP contribution in [0.15, 0.2) is 36.5 Å². The van der Waals surface area contributed by atoms with E-state index in [0.29, 0.717) is 18.9 Å². The highest BCUT2D eigenvalue weighted by Crippen LogP contribution is 2.17. The van der Waals surface area contributed by atoms with Gasteiger partial charge in [0.25, 0.3) is 5.91 Å². The molecule has 2 N–H and O–H groups in total. The zero-order valence-corrected chi connectivity index (χ0v) is 14.5. The summed E-state index contributed by atoms with van der Waals surface area (Å²) in [5.74, 6) is -0.142. The van der Waals surface area contributed by atoms with Gasteiger partial charge in [0, 0.05) is 33.3 Å². The van der Waals surface area contributed by atoms with Crippen LogP contribution in [0.25, 0.3) is 0 Å². The van der Waals surface area contributed by atoms with E-state index in [0.717, 1.165) is 5.69 Å². The molecule has 1 amide bonds. The molecule has 25 heavy (non-hydrogen) atoms. The first-order chi connectivity index (χ1) is 12.0. The molecule has 1 heterocycles. The number of benzene rings is 1. The second-order valence-electron chi connectivity index (χ2n) is 5.60. The van der Waals surface area contributed by atoms with Crippen LogP contribution in [-0.2, 0) is 4.79 Å². The number of carbonyl (C=O) groups is 1. The highest BCUT2D eigenvalue weighted by atomic mass is 19.1. The standard InChI is InChI=1S/C17H22FN5O2/c1-12(25-15-7-5-4-6-14(15)18)17(24)20-9-8-19-16-10-13(23(2)3)11-21-22-16/h4-7,10-12H,8-9H2,1-3H3,(H,19,22)(H,20,24). The zero-order valence-electron chi connectivity index (χ0n) is 14.5. The van der Waals surface area contributed by atoms with Crippen LogP contribution in [0.3, 0.4) is 0 Å². The SMILES string of the molecule is CC(Oc1ccccc1F)C(=O)NCCNc1cc(N(C)C)cnn1. The summed E-state index contributed by atoms with van der Waals surface area (Å²) in [7, 11) is 3.83. The summed E-state index contributed by atoms with van der Waals surface area (Å²) < 4.78 is 18.8. The van der Waals surface area contributed by atoms with Crippen LogP contribution in [0.1, 0.15) is 6.92 Å². The zero-order chi connectivity index (χ0) is 18.2. The van der Waals surface area contributed by atoms with Gasteiger partial charge in [-0.05, 0) is 19.1 Å². The lowest BCUT2D eigenvalue weighted by atomic mass is 10.3. The van der Waals surface area contributed by atoms with Crippen molar-refractivity contribution in [3.8, 4) is 5.75 Å². The number of rotatable bonds is 8. The molecular formula is C17H22FN5O2. The van der Waals surface area contributed by atoms with E-state index in [1.54, 1.807) is 25.3 Å². The Kier molecular flexibility index (Phi) is 6.50. The quantitative estimate of drug-likeness (QED) is 0.708. The van der Waals surface area contributed by atoms with Crippen LogP contribution in [-0.4, -0.2) is 49.4 Å². The summed E-state index contributed by atoms with van der Waals surface area (Å²) in [4.78, 5) is 13.9. The van der Waals surface area contributed by atoms with E-state index in [1.807, 2.05) is 25.1 Å². The van der Waals surface area contributed by atoms with Gasteiger partial charge in [-0.15, -0.1) is 5.10 Å². The van der Waals surface area contributed by atoms with E-state index < -0.39 is 11.9 Å². The lowest BCUT2D eigenvalue weighted by Crippen LogP contribution is -2.38. The summed E-state index contributed by atoms with van der Waals surface area (Å²) in [6.07, 6.45) is 0.864. The van der Waals surface area contributed by atoms with Gasteiger partial charge < -0.3 is 20.3 Å². The van der Waals surface area contributed by atoms with Crippen molar-refractivity contribution >= 4 is 17.4 Å². The van der Waals surface area contributed by atoms with Crippen molar-refractivity contribution in [2.24, 2.45) is 0 Å². The Morgan fingerprint density at radius 1 is 1.32 bits per heavy atom. The van der Waals surface area contributed by atoms with E-state index in [4.69, 9.17) is 4.74 Å². The molecule has 0 saturated heterocycles. The predicted octanol–water partition coefficient (Wildman–Crippen LogP) is 1.68. The molecule has 0 aliphatic carbocycles. The monoisotopic (exact) mass is 347 g/mol. The lowest BCUT2D eigenvalue weighted by molar-refractivity contribution is -0.127. The minimum atomic E-state index is -0.797.